The molecule has 2 N–H and O–H groups in total. The second-order valence-electron chi connectivity index (χ2n) is 7.98. The fourth-order valence-corrected chi connectivity index (χ4v) is 5.68. The van der Waals surface area contributed by atoms with Gasteiger partial charge in [0.15, 0.2) is 9.84 Å². The number of sulfone groups is 1. The van der Waals surface area contributed by atoms with Crippen molar-refractivity contribution >= 4 is 44.1 Å². The molecule has 1 atom stereocenters. The predicted molar refractivity (Wildman–Crippen MR) is 121 cm³/mol. The first-order chi connectivity index (χ1) is 15.4. The SMILES string of the molecule is O=C(Nc1ccc(-c2nc3ccccc3[nH]2)cc1)C1=NN(C2CCS(=O)(=O)C2)C(=O)CC1. The molecule has 0 radical (unpaired) electrons. The van der Waals surface area contributed by atoms with Gasteiger partial charge >= 0.3 is 0 Å². The van der Waals surface area contributed by atoms with E-state index < -0.39 is 21.8 Å². The maximum atomic E-state index is 12.7. The van der Waals surface area contributed by atoms with E-state index in [1.54, 1.807) is 12.1 Å². The first-order valence-corrected chi connectivity index (χ1v) is 12.2. The molecule has 2 aliphatic rings. The minimum Gasteiger partial charge on any atom is -0.338 e. The van der Waals surface area contributed by atoms with Gasteiger partial charge < -0.3 is 10.3 Å². The summed E-state index contributed by atoms with van der Waals surface area (Å²) in [5, 5.41) is 8.20. The van der Waals surface area contributed by atoms with E-state index in [9.17, 15) is 18.0 Å². The summed E-state index contributed by atoms with van der Waals surface area (Å²) in [7, 11) is -3.16. The van der Waals surface area contributed by atoms with Crippen molar-refractivity contribution < 1.29 is 18.0 Å². The molecule has 0 spiro atoms. The molecule has 1 unspecified atom stereocenters. The number of nitrogens with zero attached hydrogens (tertiary/aromatic N) is 3. The van der Waals surface area contributed by atoms with E-state index in [1.807, 2.05) is 36.4 Å². The number of hydrazone groups is 1. The monoisotopic (exact) mass is 451 g/mol. The third-order valence-corrected chi connectivity index (χ3v) is 7.43. The molecule has 10 heteroatoms. The van der Waals surface area contributed by atoms with Crippen LogP contribution in [0.15, 0.2) is 53.6 Å². The van der Waals surface area contributed by atoms with Gasteiger partial charge in [0.2, 0.25) is 5.91 Å². The highest BCUT2D eigenvalue weighted by Crippen LogP contribution is 2.24. The number of para-hydroxylation sites is 2. The molecule has 1 saturated heterocycles. The molecular formula is C22H21N5O4S. The summed E-state index contributed by atoms with van der Waals surface area (Å²) in [6.07, 6.45) is 0.696. The second kappa shape index (κ2) is 7.86. The Morgan fingerprint density at radius 2 is 1.88 bits per heavy atom. The predicted octanol–water partition coefficient (Wildman–Crippen LogP) is 2.33. The zero-order valence-corrected chi connectivity index (χ0v) is 17.9. The summed E-state index contributed by atoms with van der Waals surface area (Å²) in [6.45, 7) is 0. The summed E-state index contributed by atoms with van der Waals surface area (Å²) >= 11 is 0. The highest BCUT2D eigenvalue weighted by Gasteiger charge is 2.37. The number of fused-ring (bicyclic) bond motifs is 1. The normalized spacial score (nSPS) is 20.4. The average Bonchev–Trinajstić information content (AvgIpc) is 3.37. The van der Waals surface area contributed by atoms with Crippen LogP contribution in [-0.4, -0.2) is 58.5 Å². The maximum Gasteiger partial charge on any atom is 0.271 e. The Morgan fingerprint density at radius 3 is 2.59 bits per heavy atom. The van der Waals surface area contributed by atoms with Crippen LogP contribution in [0.3, 0.4) is 0 Å². The Kier molecular flexibility index (Phi) is 5.01. The summed E-state index contributed by atoms with van der Waals surface area (Å²) in [4.78, 5) is 32.8. The number of rotatable bonds is 4. The standard InChI is InChI=1S/C22H21N5O4S/c28-20-10-9-19(26-27(20)16-11-12-32(30,31)13-16)22(29)23-15-7-5-14(6-8-15)21-24-17-3-1-2-4-18(17)25-21/h1-8,16H,9-13H2,(H,23,29)(H,24,25). The molecular weight excluding hydrogens is 430 g/mol. The summed E-state index contributed by atoms with van der Waals surface area (Å²) in [5.74, 6) is 0.0105. The molecule has 9 nitrogen and oxygen atoms in total. The van der Waals surface area contributed by atoms with Gasteiger partial charge in [-0.15, -0.1) is 0 Å². The topological polar surface area (TPSA) is 125 Å². The lowest BCUT2D eigenvalue weighted by molar-refractivity contribution is -0.133. The largest absolute Gasteiger partial charge is 0.338 e. The molecule has 3 aromatic rings. The van der Waals surface area contributed by atoms with E-state index in [-0.39, 0.29) is 36.0 Å². The number of carbonyl (C=O) groups is 2. The van der Waals surface area contributed by atoms with Gasteiger partial charge in [0.25, 0.3) is 5.91 Å². The number of aromatic amines is 1. The lowest BCUT2D eigenvalue weighted by Gasteiger charge is -2.27. The van der Waals surface area contributed by atoms with E-state index >= 15 is 0 Å². The molecule has 0 aliphatic carbocycles. The Hall–Kier alpha value is -3.53. The molecule has 0 saturated carbocycles. The van der Waals surface area contributed by atoms with Crippen molar-refractivity contribution in [3.63, 3.8) is 0 Å². The van der Waals surface area contributed by atoms with Gasteiger partial charge in [-0.25, -0.2) is 18.4 Å². The molecule has 3 heterocycles. The van der Waals surface area contributed by atoms with Gasteiger partial charge in [-0.05, 0) is 42.8 Å². The van der Waals surface area contributed by atoms with Crippen LogP contribution in [0.5, 0.6) is 0 Å². The first-order valence-electron chi connectivity index (χ1n) is 10.3. The van der Waals surface area contributed by atoms with Crippen molar-refractivity contribution in [3.8, 4) is 11.4 Å². The first kappa shape index (κ1) is 20.4. The molecule has 5 rings (SSSR count). The van der Waals surface area contributed by atoms with E-state index in [1.165, 1.54) is 5.01 Å². The van der Waals surface area contributed by atoms with Crippen LogP contribution < -0.4 is 5.32 Å². The molecule has 2 amide bonds. The van der Waals surface area contributed by atoms with Gasteiger partial charge in [0.1, 0.15) is 11.5 Å². The lowest BCUT2D eigenvalue weighted by atomic mass is 10.1. The summed E-state index contributed by atoms with van der Waals surface area (Å²) < 4.78 is 23.5. The number of benzene rings is 2. The van der Waals surface area contributed by atoms with Crippen molar-refractivity contribution in [2.45, 2.75) is 25.3 Å². The molecule has 32 heavy (non-hydrogen) atoms. The number of nitrogens with one attached hydrogen (secondary N) is 2. The van der Waals surface area contributed by atoms with Crippen LogP contribution in [0.4, 0.5) is 5.69 Å². The number of imidazole rings is 1. The van der Waals surface area contributed by atoms with Crippen LogP contribution in [-0.2, 0) is 19.4 Å². The molecule has 2 aromatic carbocycles. The highest BCUT2D eigenvalue weighted by molar-refractivity contribution is 7.91. The second-order valence-corrected chi connectivity index (χ2v) is 10.2. The molecule has 1 fully saturated rings. The van der Waals surface area contributed by atoms with Crippen LogP contribution in [0, 0.1) is 0 Å². The van der Waals surface area contributed by atoms with Gasteiger partial charge in [0.05, 0.1) is 28.6 Å². The van der Waals surface area contributed by atoms with E-state index in [0.717, 1.165) is 22.4 Å². The smallest absolute Gasteiger partial charge is 0.271 e. The number of hydrogen-bond acceptors (Lipinski definition) is 6. The van der Waals surface area contributed by atoms with Crippen LogP contribution in [0.2, 0.25) is 0 Å². The number of H-pyrrole nitrogens is 1. The Balaban J connectivity index is 1.30. The number of carbonyl (C=O) groups excluding carboxylic acids is 2. The average molecular weight is 452 g/mol. The minimum absolute atomic E-state index is 0.0378. The number of hydrogen-bond donors (Lipinski definition) is 2. The Labute approximate surface area is 184 Å². The molecule has 0 bridgehead atoms. The molecule has 1 aromatic heterocycles. The van der Waals surface area contributed by atoms with E-state index in [0.29, 0.717) is 12.1 Å². The zero-order valence-electron chi connectivity index (χ0n) is 17.1. The van der Waals surface area contributed by atoms with Gasteiger partial charge in [0, 0.05) is 24.1 Å². The summed E-state index contributed by atoms with van der Waals surface area (Å²) in [5.41, 5.74) is 3.52. The van der Waals surface area contributed by atoms with Crippen molar-refractivity contribution in [1.29, 1.82) is 0 Å². The molecule has 2 aliphatic heterocycles. The molecule has 164 valence electrons. The van der Waals surface area contributed by atoms with Crippen molar-refractivity contribution in [2.75, 3.05) is 16.8 Å². The zero-order chi connectivity index (χ0) is 22.3. The minimum atomic E-state index is -3.16. The maximum absolute atomic E-state index is 12.7. The Morgan fingerprint density at radius 1 is 1.09 bits per heavy atom. The number of anilines is 1. The van der Waals surface area contributed by atoms with Crippen molar-refractivity contribution in [2.24, 2.45) is 5.10 Å². The fraction of sp³-hybridized carbons (Fsp3) is 0.273. The summed E-state index contributed by atoms with van der Waals surface area (Å²) in [6, 6.07) is 14.5. The van der Waals surface area contributed by atoms with Crippen LogP contribution >= 0.6 is 0 Å². The third-order valence-electron chi connectivity index (χ3n) is 5.68. The number of aromatic nitrogens is 2. The van der Waals surface area contributed by atoms with Crippen molar-refractivity contribution in [1.82, 2.24) is 15.0 Å². The fourth-order valence-electron chi connectivity index (χ4n) is 3.99. The van der Waals surface area contributed by atoms with Gasteiger partial charge in [-0.3, -0.25) is 9.59 Å². The quantitative estimate of drug-likeness (QED) is 0.630. The van der Waals surface area contributed by atoms with Crippen LogP contribution in [0.1, 0.15) is 19.3 Å². The van der Waals surface area contributed by atoms with Crippen molar-refractivity contribution in [3.05, 3.63) is 48.5 Å². The number of amides is 2. The van der Waals surface area contributed by atoms with Gasteiger partial charge in [-0.1, -0.05) is 12.1 Å². The Bertz CT molecular complexity index is 1310. The lowest BCUT2D eigenvalue weighted by Crippen LogP contribution is -2.42. The van der Waals surface area contributed by atoms with Crippen LogP contribution in [0.25, 0.3) is 22.4 Å². The third kappa shape index (κ3) is 4.01. The highest BCUT2D eigenvalue weighted by atomic mass is 32.2. The van der Waals surface area contributed by atoms with E-state index in [4.69, 9.17) is 0 Å². The van der Waals surface area contributed by atoms with E-state index in [2.05, 4.69) is 20.4 Å². The van der Waals surface area contributed by atoms with Gasteiger partial charge in [-0.2, -0.15) is 5.10 Å².